The van der Waals surface area contributed by atoms with E-state index in [0.717, 1.165) is 17.7 Å². The lowest BCUT2D eigenvalue weighted by Gasteiger charge is -2.10. The molecule has 0 bridgehead atoms. The fourth-order valence-corrected chi connectivity index (χ4v) is 2.74. The largest absolute Gasteiger partial charge is 0.478 e. The topological polar surface area (TPSA) is 71.3 Å². The van der Waals surface area contributed by atoms with Gasteiger partial charge in [-0.2, -0.15) is 0 Å². The quantitative estimate of drug-likeness (QED) is 0.859. The Balaban J connectivity index is 2.21. The lowest BCUT2D eigenvalue weighted by Crippen LogP contribution is -2.18. The van der Waals surface area contributed by atoms with Crippen molar-refractivity contribution in [3.05, 3.63) is 52.8 Å². The molecule has 0 saturated heterocycles. The van der Waals surface area contributed by atoms with E-state index in [1.165, 1.54) is 0 Å². The van der Waals surface area contributed by atoms with Gasteiger partial charge in [0.2, 0.25) is 5.91 Å². The number of aromatic carboxylic acids is 1. The number of nitrogens with zero attached hydrogens (tertiary/aromatic N) is 1. The zero-order valence-corrected chi connectivity index (χ0v) is 13.7. The Hall–Kier alpha value is -2.56. The van der Waals surface area contributed by atoms with E-state index in [2.05, 4.69) is 12.2 Å². The highest BCUT2D eigenvalue weighted by atomic mass is 16.4. The van der Waals surface area contributed by atoms with Crippen LogP contribution in [0.15, 0.2) is 30.5 Å². The van der Waals surface area contributed by atoms with Crippen LogP contribution in [0.3, 0.4) is 0 Å². The van der Waals surface area contributed by atoms with E-state index in [1.54, 1.807) is 13.1 Å². The molecule has 0 atom stereocenters. The van der Waals surface area contributed by atoms with Crippen molar-refractivity contribution in [2.24, 2.45) is 0 Å². The number of carbonyl (C=O) groups excluding carboxylic acids is 1. The summed E-state index contributed by atoms with van der Waals surface area (Å²) >= 11 is 0. The smallest absolute Gasteiger partial charge is 0.337 e. The minimum Gasteiger partial charge on any atom is -0.478 e. The van der Waals surface area contributed by atoms with E-state index in [1.807, 2.05) is 35.8 Å². The maximum absolute atomic E-state index is 12.3. The standard InChI is InChI=1S/C18H22N2O3/c1-4-13-7-6-8-14(9-13)19-16(21)10-15-17(18(22)23)12(3)11-20(15)5-2/h6-9,11H,4-5,10H2,1-3H3,(H,19,21)(H,22,23). The highest BCUT2D eigenvalue weighted by Crippen LogP contribution is 2.19. The van der Waals surface area contributed by atoms with Crippen molar-refractivity contribution < 1.29 is 14.7 Å². The number of anilines is 1. The summed E-state index contributed by atoms with van der Waals surface area (Å²) in [6.07, 6.45) is 2.72. The number of amides is 1. The second-order valence-electron chi connectivity index (χ2n) is 5.50. The molecule has 1 aromatic heterocycles. The summed E-state index contributed by atoms with van der Waals surface area (Å²) in [5.74, 6) is -1.21. The van der Waals surface area contributed by atoms with Crippen LogP contribution in [-0.4, -0.2) is 21.6 Å². The fraction of sp³-hybridized carbons (Fsp3) is 0.333. The van der Waals surface area contributed by atoms with Gasteiger partial charge in [-0.05, 0) is 43.5 Å². The molecular weight excluding hydrogens is 292 g/mol. The number of nitrogens with one attached hydrogen (secondary N) is 1. The maximum atomic E-state index is 12.3. The van der Waals surface area contributed by atoms with Gasteiger partial charge in [-0.1, -0.05) is 19.1 Å². The minimum absolute atomic E-state index is 0.0413. The van der Waals surface area contributed by atoms with E-state index < -0.39 is 5.97 Å². The molecule has 5 heteroatoms. The Labute approximate surface area is 135 Å². The van der Waals surface area contributed by atoms with Crippen molar-refractivity contribution in [2.45, 2.75) is 40.2 Å². The third-order valence-corrected chi connectivity index (χ3v) is 3.88. The monoisotopic (exact) mass is 314 g/mol. The van der Waals surface area contributed by atoms with Gasteiger partial charge in [0.25, 0.3) is 0 Å². The van der Waals surface area contributed by atoms with Gasteiger partial charge in [0.1, 0.15) is 0 Å². The number of hydrogen-bond donors (Lipinski definition) is 2. The first-order valence-corrected chi connectivity index (χ1v) is 7.76. The molecule has 0 saturated carbocycles. The summed E-state index contributed by atoms with van der Waals surface area (Å²) in [6, 6.07) is 7.67. The molecule has 5 nitrogen and oxygen atoms in total. The number of hydrogen-bond acceptors (Lipinski definition) is 2. The van der Waals surface area contributed by atoms with Crippen molar-refractivity contribution in [1.29, 1.82) is 0 Å². The zero-order chi connectivity index (χ0) is 17.0. The third kappa shape index (κ3) is 3.80. The van der Waals surface area contributed by atoms with Crippen LogP contribution >= 0.6 is 0 Å². The van der Waals surface area contributed by atoms with Crippen LogP contribution < -0.4 is 5.32 Å². The van der Waals surface area contributed by atoms with Gasteiger partial charge in [-0.3, -0.25) is 4.79 Å². The number of aryl methyl sites for hydroxylation is 3. The molecular formula is C18H22N2O3. The van der Waals surface area contributed by atoms with Gasteiger partial charge in [-0.15, -0.1) is 0 Å². The average molecular weight is 314 g/mol. The van der Waals surface area contributed by atoms with E-state index in [4.69, 9.17) is 0 Å². The van der Waals surface area contributed by atoms with Crippen LogP contribution in [0.1, 0.15) is 41.0 Å². The van der Waals surface area contributed by atoms with Gasteiger partial charge in [0.15, 0.2) is 0 Å². The highest BCUT2D eigenvalue weighted by Gasteiger charge is 2.20. The normalized spacial score (nSPS) is 10.6. The molecule has 0 aliphatic carbocycles. The van der Waals surface area contributed by atoms with Crippen LogP contribution in [0, 0.1) is 6.92 Å². The van der Waals surface area contributed by atoms with Gasteiger partial charge in [-0.25, -0.2) is 4.79 Å². The number of carbonyl (C=O) groups is 2. The van der Waals surface area contributed by atoms with Crippen LogP contribution in [0.2, 0.25) is 0 Å². The molecule has 0 spiro atoms. The maximum Gasteiger partial charge on any atom is 0.337 e. The number of carboxylic acid groups (broad SMARTS) is 1. The van der Waals surface area contributed by atoms with Crippen molar-refractivity contribution in [2.75, 3.05) is 5.32 Å². The van der Waals surface area contributed by atoms with Gasteiger partial charge >= 0.3 is 5.97 Å². The van der Waals surface area contributed by atoms with Crippen molar-refractivity contribution in [1.82, 2.24) is 4.57 Å². The molecule has 2 N–H and O–H groups in total. The summed E-state index contributed by atoms with van der Waals surface area (Å²) in [6.45, 7) is 6.36. The van der Waals surface area contributed by atoms with E-state index in [-0.39, 0.29) is 17.9 Å². The van der Waals surface area contributed by atoms with Crippen LogP contribution in [-0.2, 0) is 24.2 Å². The molecule has 0 aliphatic heterocycles. The van der Waals surface area contributed by atoms with Crippen LogP contribution in [0.25, 0.3) is 0 Å². The molecule has 23 heavy (non-hydrogen) atoms. The first-order chi connectivity index (χ1) is 11.0. The second kappa shape index (κ2) is 7.13. The molecule has 0 radical (unpaired) electrons. The summed E-state index contributed by atoms with van der Waals surface area (Å²) in [7, 11) is 0. The lowest BCUT2D eigenvalue weighted by molar-refractivity contribution is -0.115. The van der Waals surface area contributed by atoms with Crippen LogP contribution in [0.4, 0.5) is 5.69 Å². The number of benzene rings is 1. The molecule has 2 aromatic rings. The lowest BCUT2D eigenvalue weighted by atomic mass is 10.1. The SMILES string of the molecule is CCc1cccc(NC(=O)Cc2c(C(=O)O)c(C)cn2CC)c1. The molecule has 0 aliphatic rings. The van der Waals surface area contributed by atoms with Crippen LogP contribution in [0.5, 0.6) is 0 Å². The first kappa shape index (κ1) is 16.8. The number of carboxylic acids is 1. The summed E-state index contributed by atoms with van der Waals surface area (Å²) in [5, 5.41) is 12.2. The molecule has 0 fully saturated rings. The summed E-state index contributed by atoms with van der Waals surface area (Å²) in [5.41, 5.74) is 3.32. The van der Waals surface area contributed by atoms with Gasteiger partial charge in [0, 0.05) is 24.1 Å². The summed E-state index contributed by atoms with van der Waals surface area (Å²) < 4.78 is 1.82. The number of aromatic nitrogens is 1. The van der Waals surface area contributed by atoms with Gasteiger partial charge < -0.3 is 15.0 Å². The Bertz CT molecular complexity index is 732. The predicted molar refractivity (Wildman–Crippen MR) is 90.0 cm³/mol. The highest BCUT2D eigenvalue weighted by molar-refractivity contribution is 5.96. The first-order valence-electron chi connectivity index (χ1n) is 7.76. The minimum atomic E-state index is -0.995. The fourth-order valence-electron chi connectivity index (χ4n) is 2.74. The Morgan fingerprint density at radius 2 is 2.00 bits per heavy atom. The second-order valence-corrected chi connectivity index (χ2v) is 5.50. The Morgan fingerprint density at radius 3 is 2.61 bits per heavy atom. The summed E-state index contributed by atoms with van der Waals surface area (Å²) in [4.78, 5) is 23.8. The molecule has 0 unspecified atom stereocenters. The molecule has 2 rings (SSSR count). The van der Waals surface area contributed by atoms with E-state index in [9.17, 15) is 14.7 Å². The number of rotatable bonds is 6. The Morgan fingerprint density at radius 1 is 1.26 bits per heavy atom. The van der Waals surface area contributed by atoms with Crippen molar-refractivity contribution >= 4 is 17.6 Å². The predicted octanol–water partition coefficient (Wildman–Crippen LogP) is 3.26. The zero-order valence-electron chi connectivity index (χ0n) is 13.7. The van der Waals surface area contributed by atoms with E-state index >= 15 is 0 Å². The molecule has 122 valence electrons. The third-order valence-electron chi connectivity index (χ3n) is 3.88. The van der Waals surface area contributed by atoms with Crippen molar-refractivity contribution in [3.63, 3.8) is 0 Å². The average Bonchev–Trinajstić information content (AvgIpc) is 2.82. The van der Waals surface area contributed by atoms with Gasteiger partial charge in [0.05, 0.1) is 12.0 Å². The molecule has 1 amide bonds. The van der Waals surface area contributed by atoms with E-state index in [0.29, 0.717) is 17.8 Å². The molecule has 1 aromatic carbocycles. The Kier molecular flexibility index (Phi) is 5.21. The molecule has 1 heterocycles. The van der Waals surface area contributed by atoms with Crippen molar-refractivity contribution in [3.8, 4) is 0 Å².